The van der Waals surface area contributed by atoms with Crippen LogP contribution in [0.25, 0.3) is 11.2 Å². The van der Waals surface area contributed by atoms with Crippen LogP contribution in [0.1, 0.15) is 13.8 Å². The fourth-order valence-electron chi connectivity index (χ4n) is 1.80. The van der Waals surface area contributed by atoms with E-state index in [9.17, 15) is 9.59 Å². The van der Waals surface area contributed by atoms with Crippen molar-refractivity contribution in [2.24, 2.45) is 0 Å². The van der Waals surface area contributed by atoms with E-state index in [0.717, 1.165) is 0 Å². The van der Waals surface area contributed by atoms with E-state index in [4.69, 9.17) is 33.9 Å². The number of anilines is 1. The molecular formula is C12H15N5O4S2. The minimum Gasteiger partial charge on any atom is -0.463 e. The van der Waals surface area contributed by atoms with Gasteiger partial charge in [0, 0.05) is 13.8 Å². The minimum atomic E-state index is -0.368. The average molecular weight is 357 g/mol. The van der Waals surface area contributed by atoms with Gasteiger partial charge in [-0.3, -0.25) is 19.5 Å². The highest BCUT2D eigenvalue weighted by Gasteiger charge is 2.10. The molecule has 0 saturated heterocycles. The van der Waals surface area contributed by atoms with Gasteiger partial charge in [-0.25, -0.2) is 4.98 Å². The maximum absolute atomic E-state index is 11.1. The lowest BCUT2D eigenvalue weighted by atomic mass is 10.5. The first-order valence-electron chi connectivity index (χ1n) is 6.60. The molecule has 9 nitrogen and oxygen atoms in total. The normalized spacial score (nSPS) is 10.7. The van der Waals surface area contributed by atoms with Crippen molar-refractivity contribution in [3.63, 3.8) is 0 Å². The molecule has 0 bridgehead atoms. The summed E-state index contributed by atoms with van der Waals surface area (Å²) in [5, 5.41) is 2.53. The molecule has 0 aliphatic rings. The Hall–Kier alpha value is -2.11. The lowest BCUT2D eigenvalue weighted by Crippen LogP contribution is -2.12. The molecule has 0 fully saturated rings. The lowest BCUT2D eigenvalue weighted by Gasteiger charge is -2.07. The van der Waals surface area contributed by atoms with Crippen LogP contribution in [0.3, 0.4) is 0 Å². The molecule has 0 atom stereocenters. The van der Waals surface area contributed by atoms with Crippen molar-refractivity contribution in [2.45, 2.75) is 20.6 Å². The maximum Gasteiger partial charge on any atom is 0.302 e. The second-order valence-electron chi connectivity index (χ2n) is 4.53. The molecule has 11 heteroatoms. The van der Waals surface area contributed by atoms with Crippen molar-refractivity contribution in [2.75, 3.05) is 18.5 Å². The number of hydrogen-bond donors (Lipinski definition) is 3. The van der Waals surface area contributed by atoms with Crippen LogP contribution in [0.4, 0.5) is 5.95 Å². The molecule has 124 valence electrons. The van der Waals surface area contributed by atoms with Crippen molar-refractivity contribution >= 4 is 53.4 Å². The highest BCUT2D eigenvalue weighted by Crippen LogP contribution is 2.15. The zero-order valence-electron chi connectivity index (χ0n) is 12.5. The number of aromatic nitrogens is 4. The molecule has 1 amide bonds. The number of carbonyl (C=O) groups excluding carboxylic acids is 2. The van der Waals surface area contributed by atoms with Crippen LogP contribution in [-0.2, 0) is 25.8 Å². The molecule has 2 rings (SSSR count). The van der Waals surface area contributed by atoms with Crippen LogP contribution in [0, 0.1) is 9.41 Å². The van der Waals surface area contributed by atoms with Gasteiger partial charge in [-0.15, -0.1) is 0 Å². The van der Waals surface area contributed by atoms with E-state index in [1.165, 1.54) is 13.8 Å². The van der Waals surface area contributed by atoms with E-state index >= 15 is 0 Å². The summed E-state index contributed by atoms with van der Waals surface area (Å²) in [4.78, 5) is 31.7. The Morgan fingerprint density at radius 3 is 2.65 bits per heavy atom. The number of amides is 1. The fraction of sp³-hybridized carbons (Fsp3) is 0.417. The van der Waals surface area contributed by atoms with Gasteiger partial charge in [-0.05, 0) is 12.2 Å². The Morgan fingerprint density at radius 1 is 1.26 bits per heavy atom. The monoisotopic (exact) mass is 357 g/mol. The standard InChI is InChI=1S/C12H15N5O4S2/c1-6(18)13-11-15-9-8(10(22)16-11)14-12(23)17(9)5-20-3-4-21-7(2)19/h3-5H2,1-2H3,(H,14,23)(H2,13,15,16,18,22). The number of rotatable bonds is 6. The Morgan fingerprint density at radius 2 is 2.00 bits per heavy atom. The van der Waals surface area contributed by atoms with Crippen LogP contribution in [0.2, 0.25) is 0 Å². The molecular weight excluding hydrogens is 342 g/mol. The number of carbonyl (C=O) groups is 2. The topological polar surface area (TPSA) is 114 Å². The summed E-state index contributed by atoms with van der Waals surface area (Å²) in [7, 11) is 0. The number of nitrogens with one attached hydrogen (secondary N) is 3. The fourth-order valence-corrected chi connectivity index (χ4v) is 2.29. The van der Waals surface area contributed by atoms with E-state index in [1.807, 2.05) is 0 Å². The van der Waals surface area contributed by atoms with Gasteiger partial charge in [-0.2, -0.15) is 0 Å². The van der Waals surface area contributed by atoms with Gasteiger partial charge in [0.1, 0.15) is 24.5 Å². The van der Waals surface area contributed by atoms with Crippen molar-refractivity contribution in [1.29, 1.82) is 0 Å². The first kappa shape index (κ1) is 17.2. The smallest absolute Gasteiger partial charge is 0.302 e. The number of hydrogen-bond acceptors (Lipinski definition) is 7. The number of aromatic amines is 2. The van der Waals surface area contributed by atoms with Gasteiger partial charge >= 0.3 is 5.97 Å². The number of ether oxygens (including phenoxy) is 2. The molecule has 2 aromatic rings. The zero-order valence-corrected chi connectivity index (χ0v) is 14.1. The van der Waals surface area contributed by atoms with E-state index in [1.54, 1.807) is 4.57 Å². The quantitative estimate of drug-likeness (QED) is 0.409. The van der Waals surface area contributed by atoms with Crippen molar-refractivity contribution in [1.82, 2.24) is 19.5 Å². The minimum absolute atomic E-state index is 0.120. The van der Waals surface area contributed by atoms with Gasteiger partial charge in [-0.1, -0.05) is 12.2 Å². The van der Waals surface area contributed by atoms with E-state index < -0.39 is 0 Å². The number of H-pyrrole nitrogens is 2. The third kappa shape index (κ3) is 4.43. The summed E-state index contributed by atoms with van der Waals surface area (Å²) in [6.45, 7) is 3.18. The molecule has 3 N–H and O–H groups in total. The number of nitrogens with zero attached hydrogens (tertiary/aromatic N) is 2. The second kappa shape index (κ2) is 7.44. The largest absolute Gasteiger partial charge is 0.463 e. The Bertz CT molecular complexity index is 853. The van der Waals surface area contributed by atoms with Crippen molar-refractivity contribution in [3.05, 3.63) is 9.41 Å². The van der Waals surface area contributed by atoms with Gasteiger partial charge in [0.05, 0.1) is 6.61 Å². The zero-order chi connectivity index (χ0) is 17.0. The molecule has 2 aromatic heterocycles. The molecule has 0 aromatic carbocycles. The molecule has 0 saturated carbocycles. The van der Waals surface area contributed by atoms with Crippen LogP contribution in [0.5, 0.6) is 0 Å². The molecule has 0 spiro atoms. The summed E-state index contributed by atoms with van der Waals surface area (Å²) in [5.74, 6) is -0.425. The van der Waals surface area contributed by atoms with Crippen LogP contribution in [0.15, 0.2) is 0 Å². The number of esters is 1. The van der Waals surface area contributed by atoms with E-state index in [2.05, 4.69) is 20.3 Å². The van der Waals surface area contributed by atoms with Gasteiger partial charge in [0.2, 0.25) is 11.9 Å². The summed E-state index contributed by atoms with van der Waals surface area (Å²) < 4.78 is 12.5. The highest BCUT2D eigenvalue weighted by atomic mass is 32.1. The third-order valence-electron chi connectivity index (χ3n) is 2.70. The predicted octanol–water partition coefficient (Wildman–Crippen LogP) is 1.65. The second-order valence-corrected chi connectivity index (χ2v) is 5.30. The molecule has 23 heavy (non-hydrogen) atoms. The Kier molecular flexibility index (Phi) is 5.58. The summed E-state index contributed by atoms with van der Waals surface area (Å²) in [6, 6.07) is 0. The van der Waals surface area contributed by atoms with E-state index in [-0.39, 0.29) is 42.4 Å². The van der Waals surface area contributed by atoms with Gasteiger partial charge in [0.15, 0.2) is 9.41 Å². The van der Waals surface area contributed by atoms with Gasteiger partial charge in [0.25, 0.3) is 0 Å². The van der Waals surface area contributed by atoms with Crippen LogP contribution < -0.4 is 5.32 Å². The number of fused-ring (bicyclic) bond motifs is 1. The van der Waals surface area contributed by atoms with E-state index in [0.29, 0.717) is 15.9 Å². The third-order valence-corrected chi connectivity index (χ3v) is 3.31. The summed E-state index contributed by atoms with van der Waals surface area (Å²) in [6.07, 6.45) is 0. The molecule has 0 aliphatic carbocycles. The Labute approximate surface area is 141 Å². The maximum atomic E-state index is 11.1. The van der Waals surface area contributed by atoms with Crippen molar-refractivity contribution < 1.29 is 19.1 Å². The highest BCUT2D eigenvalue weighted by molar-refractivity contribution is 7.71. The molecule has 0 unspecified atom stereocenters. The summed E-state index contributed by atoms with van der Waals surface area (Å²) in [5.41, 5.74) is 1.09. The SMILES string of the molecule is CC(=O)Nc1nc(=S)c2[nH]c(=S)n(COCCOC(C)=O)c2[nH]1. The lowest BCUT2D eigenvalue weighted by molar-refractivity contribution is -0.142. The number of imidazole rings is 1. The Balaban J connectivity index is 2.21. The summed E-state index contributed by atoms with van der Waals surface area (Å²) >= 11 is 10.4. The molecule has 0 radical (unpaired) electrons. The first-order valence-corrected chi connectivity index (χ1v) is 7.41. The predicted molar refractivity (Wildman–Crippen MR) is 87.0 cm³/mol. The van der Waals surface area contributed by atoms with Crippen LogP contribution in [-0.4, -0.2) is 44.6 Å². The van der Waals surface area contributed by atoms with Crippen LogP contribution >= 0.6 is 24.4 Å². The molecule has 2 heterocycles. The van der Waals surface area contributed by atoms with Crippen molar-refractivity contribution in [3.8, 4) is 0 Å². The van der Waals surface area contributed by atoms with Gasteiger partial charge < -0.3 is 19.4 Å². The average Bonchev–Trinajstić information content (AvgIpc) is 2.75. The first-order chi connectivity index (χ1) is 10.9. The molecule has 0 aliphatic heterocycles.